The predicted molar refractivity (Wildman–Crippen MR) is 100 cm³/mol. The Balaban J connectivity index is 1.95. The van der Waals surface area contributed by atoms with E-state index < -0.39 is 11.4 Å². The molecule has 0 bridgehead atoms. The first-order chi connectivity index (χ1) is 12.7. The van der Waals surface area contributed by atoms with E-state index in [9.17, 15) is 14.4 Å². The first-order valence-electron chi connectivity index (χ1n) is 8.08. The summed E-state index contributed by atoms with van der Waals surface area (Å²) in [5, 5.41) is 11.5. The molecule has 0 unspecified atom stereocenters. The Bertz CT molecular complexity index is 1230. The van der Waals surface area contributed by atoms with Crippen LogP contribution in [-0.4, -0.2) is 4.98 Å². The second kappa shape index (κ2) is 6.30. The summed E-state index contributed by atoms with van der Waals surface area (Å²) in [6.45, 7) is 0. The minimum absolute atomic E-state index is 0.0276. The molecule has 0 saturated carbocycles. The number of nitriles is 1. The van der Waals surface area contributed by atoms with E-state index in [0.717, 1.165) is 16.3 Å². The number of aromatic nitrogens is 1. The summed E-state index contributed by atoms with van der Waals surface area (Å²) >= 11 is 0. The number of fused-ring (bicyclic) bond motifs is 1. The third kappa shape index (κ3) is 2.76. The maximum Gasteiger partial charge on any atom is 0.266 e. The molecule has 0 spiro atoms. The molecule has 0 fully saturated rings. The van der Waals surface area contributed by atoms with Gasteiger partial charge in [-0.1, -0.05) is 48.5 Å². The van der Waals surface area contributed by atoms with Crippen LogP contribution in [0.3, 0.4) is 0 Å². The van der Waals surface area contributed by atoms with E-state index in [4.69, 9.17) is 0 Å². The third-order valence-electron chi connectivity index (χ3n) is 4.34. The first-order valence-corrected chi connectivity index (χ1v) is 8.08. The molecule has 3 aromatic carbocycles. The Morgan fingerprint density at radius 2 is 1.65 bits per heavy atom. The summed E-state index contributed by atoms with van der Waals surface area (Å²) in [5.41, 5.74) is 1.80. The van der Waals surface area contributed by atoms with E-state index >= 15 is 0 Å². The van der Waals surface area contributed by atoms with E-state index in [-0.39, 0.29) is 5.56 Å². The second-order valence-electron chi connectivity index (χ2n) is 5.98. The molecule has 0 saturated heterocycles. The van der Waals surface area contributed by atoms with Crippen molar-refractivity contribution in [3.8, 4) is 28.5 Å². The van der Waals surface area contributed by atoms with Crippen LogP contribution < -0.4 is 5.56 Å². The van der Waals surface area contributed by atoms with Crippen molar-refractivity contribution in [1.29, 1.82) is 5.26 Å². The fourth-order valence-electron chi connectivity index (χ4n) is 3.07. The average molecular weight is 340 g/mol. The van der Waals surface area contributed by atoms with Crippen molar-refractivity contribution in [2.45, 2.75) is 0 Å². The number of aromatic amines is 1. The van der Waals surface area contributed by atoms with Gasteiger partial charge in [0, 0.05) is 11.3 Å². The molecule has 0 atom stereocenters. The van der Waals surface area contributed by atoms with Gasteiger partial charge in [-0.15, -0.1) is 0 Å². The third-order valence-corrected chi connectivity index (χ3v) is 4.34. The number of H-pyrrole nitrogens is 1. The zero-order valence-electron chi connectivity index (χ0n) is 13.7. The van der Waals surface area contributed by atoms with E-state index in [1.54, 1.807) is 18.2 Å². The molecule has 1 heterocycles. The number of hydrogen-bond donors (Lipinski definition) is 1. The molecule has 0 aliphatic carbocycles. The van der Waals surface area contributed by atoms with Gasteiger partial charge in [0.1, 0.15) is 17.4 Å². The highest BCUT2D eigenvalue weighted by molar-refractivity contribution is 5.87. The van der Waals surface area contributed by atoms with Crippen LogP contribution in [0.25, 0.3) is 33.2 Å². The molecule has 4 rings (SSSR count). The van der Waals surface area contributed by atoms with Gasteiger partial charge in [0.25, 0.3) is 5.56 Å². The lowest BCUT2D eigenvalue weighted by Crippen LogP contribution is -2.12. The maximum absolute atomic E-state index is 13.6. The Hall–Kier alpha value is -3.71. The van der Waals surface area contributed by atoms with Gasteiger partial charge >= 0.3 is 0 Å². The second-order valence-corrected chi connectivity index (χ2v) is 5.98. The van der Waals surface area contributed by atoms with Crippen LogP contribution in [0.5, 0.6) is 0 Å². The lowest BCUT2D eigenvalue weighted by molar-refractivity contribution is 0.628. The average Bonchev–Trinajstić information content (AvgIpc) is 2.67. The number of benzene rings is 3. The minimum atomic E-state index is -0.489. The normalized spacial score (nSPS) is 10.6. The van der Waals surface area contributed by atoms with Crippen molar-refractivity contribution in [3.63, 3.8) is 0 Å². The van der Waals surface area contributed by atoms with Crippen molar-refractivity contribution >= 4 is 10.8 Å². The number of hydrogen-bond acceptors (Lipinski definition) is 2. The maximum atomic E-state index is 13.6. The topological polar surface area (TPSA) is 56.6 Å². The summed E-state index contributed by atoms with van der Waals surface area (Å²) in [7, 11) is 0. The first kappa shape index (κ1) is 15.8. The molecule has 3 nitrogen and oxygen atoms in total. The highest BCUT2D eigenvalue weighted by atomic mass is 19.1. The van der Waals surface area contributed by atoms with E-state index in [2.05, 4.69) is 4.98 Å². The standard InChI is InChI=1S/C22H13FN2O/c23-18-7-3-6-16(11-18)19-12-21(25-22(26)20(19)13-24)17-9-8-14-4-1-2-5-15(14)10-17/h1-12H,(H,25,26). The molecule has 0 aliphatic rings. The van der Waals surface area contributed by atoms with Gasteiger partial charge < -0.3 is 4.98 Å². The van der Waals surface area contributed by atoms with Crippen LogP contribution in [0.1, 0.15) is 5.56 Å². The largest absolute Gasteiger partial charge is 0.321 e. The molecule has 1 aromatic heterocycles. The monoisotopic (exact) mass is 340 g/mol. The molecule has 0 aliphatic heterocycles. The van der Waals surface area contributed by atoms with Crippen molar-refractivity contribution < 1.29 is 4.39 Å². The van der Waals surface area contributed by atoms with E-state index in [0.29, 0.717) is 16.8 Å². The van der Waals surface area contributed by atoms with Crippen molar-refractivity contribution in [2.75, 3.05) is 0 Å². The summed E-state index contributed by atoms with van der Waals surface area (Å²) in [5.74, 6) is -0.418. The van der Waals surface area contributed by atoms with Gasteiger partial charge in [-0.05, 0) is 46.2 Å². The fourth-order valence-corrected chi connectivity index (χ4v) is 3.07. The van der Waals surface area contributed by atoms with Gasteiger partial charge in [0.15, 0.2) is 0 Å². The van der Waals surface area contributed by atoms with Crippen LogP contribution in [0.15, 0.2) is 77.6 Å². The summed E-state index contributed by atoms with van der Waals surface area (Å²) in [6, 6.07) is 23.3. The molecular weight excluding hydrogens is 327 g/mol. The lowest BCUT2D eigenvalue weighted by Gasteiger charge is -2.09. The summed E-state index contributed by atoms with van der Waals surface area (Å²) < 4.78 is 13.6. The Kier molecular flexibility index (Phi) is 3.83. The SMILES string of the molecule is N#Cc1c(-c2cccc(F)c2)cc(-c2ccc3ccccc3c2)[nH]c1=O. The molecular formula is C22H13FN2O. The van der Waals surface area contributed by atoms with Crippen molar-refractivity contribution in [3.05, 3.63) is 94.5 Å². The molecule has 0 radical (unpaired) electrons. The van der Waals surface area contributed by atoms with E-state index in [1.807, 2.05) is 48.5 Å². The Labute approximate surface area is 149 Å². The quantitative estimate of drug-likeness (QED) is 0.566. The van der Waals surface area contributed by atoms with Crippen molar-refractivity contribution in [2.24, 2.45) is 0 Å². The van der Waals surface area contributed by atoms with Crippen LogP contribution in [0.4, 0.5) is 4.39 Å². The van der Waals surface area contributed by atoms with E-state index in [1.165, 1.54) is 12.1 Å². The molecule has 124 valence electrons. The summed E-state index contributed by atoms with van der Waals surface area (Å²) in [4.78, 5) is 15.2. The zero-order chi connectivity index (χ0) is 18.1. The molecule has 4 heteroatoms. The predicted octanol–water partition coefficient (Wildman–Crippen LogP) is 4.87. The molecule has 4 aromatic rings. The Morgan fingerprint density at radius 1 is 0.846 bits per heavy atom. The number of nitrogens with zero attached hydrogens (tertiary/aromatic N) is 1. The zero-order valence-corrected chi connectivity index (χ0v) is 13.7. The van der Waals surface area contributed by atoms with Gasteiger partial charge in [0.2, 0.25) is 0 Å². The molecule has 1 N–H and O–H groups in total. The fraction of sp³-hybridized carbons (Fsp3) is 0. The number of rotatable bonds is 2. The molecule has 26 heavy (non-hydrogen) atoms. The Morgan fingerprint density at radius 3 is 2.42 bits per heavy atom. The number of nitrogens with one attached hydrogen (secondary N) is 1. The number of pyridine rings is 1. The minimum Gasteiger partial charge on any atom is -0.321 e. The van der Waals surface area contributed by atoms with Crippen LogP contribution in [0.2, 0.25) is 0 Å². The highest BCUT2D eigenvalue weighted by Gasteiger charge is 2.13. The van der Waals surface area contributed by atoms with Gasteiger partial charge in [-0.3, -0.25) is 4.79 Å². The van der Waals surface area contributed by atoms with Gasteiger partial charge in [-0.25, -0.2) is 4.39 Å². The highest BCUT2D eigenvalue weighted by Crippen LogP contribution is 2.28. The number of halogens is 1. The van der Waals surface area contributed by atoms with Gasteiger partial charge in [0.05, 0.1) is 0 Å². The lowest BCUT2D eigenvalue weighted by atomic mass is 9.98. The van der Waals surface area contributed by atoms with Crippen molar-refractivity contribution in [1.82, 2.24) is 4.98 Å². The van der Waals surface area contributed by atoms with Crippen LogP contribution >= 0.6 is 0 Å². The molecule has 0 amide bonds. The smallest absolute Gasteiger partial charge is 0.266 e. The summed E-state index contributed by atoms with van der Waals surface area (Å²) in [6.07, 6.45) is 0. The van der Waals surface area contributed by atoms with Gasteiger partial charge in [-0.2, -0.15) is 5.26 Å². The van der Waals surface area contributed by atoms with Crippen LogP contribution in [0, 0.1) is 17.1 Å². The van der Waals surface area contributed by atoms with Crippen LogP contribution in [-0.2, 0) is 0 Å².